The fraction of sp³-hybridized carbons (Fsp3) is 0.647. The van der Waals surface area contributed by atoms with Gasteiger partial charge in [-0.2, -0.15) is 0 Å². The summed E-state index contributed by atoms with van der Waals surface area (Å²) in [6.45, 7) is 3.15. The van der Waals surface area contributed by atoms with Crippen LogP contribution in [-0.2, 0) is 5.60 Å². The van der Waals surface area contributed by atoms with E-state index in [0.717, 1.165) is 30.7 Å². The minimum Gasteiger partial charge on any atom is -0.497 e. The average Bonchev–Trinajstić information content (AvgIpc) is 2.42. The molecule has 3 nitrogen and oxygen atoms in total. The number of aliphatic hydroxyl groups is 1. The Balaban J connectivity index is 0.00000220. The quantitative estimate of drug-likeness (QED) is 0.925. The van der Waals surface area contributed by atoms with Gasteiger partial charge in [-0.3, -0.25) is 0 Å². The van der Waals surface area contributed by atoms with Gasteiger partial charge in [-0.1, -0.05) is 25.5 Å². The Hall–Kier alpha value is -0.770. The van der Waals surface area contributed by atoms with Crippen molar-refractivity contribution in [3.8, 4) is 5.75 Å². The van der Waals surface area contributed by atoms with Crippen LogP contribution < -0.4 is 4.74 Å². The van der Waals surface area contributed by atoms with Crippen molar-refractivity contribution >= 4 is 12.4 Å². The molecule has 0 aromatic heterocycles. The zero-order chi connectivity index (χ0) is 14.8. The van der Waals surface area contributed by atoms with E-state index in [9.17, 15) is 5.11 Å². The van der Waals surface area contributed by atoms with E-state index >= 15 is 0 Å². The normalized spacial score (nSPS) is 29.0. The van der Waals surface area contributed by atoms with Crippen molar-refractivity contribution in [2.45, 2.75) is 31.8 Å². The van der Waals surface area contributed by atoms with E-state index in [1.165, 1.54) is 6.42 Å². The number of ether oxygens (including phenoxy) is 1. The van der Waals surface area contributed by atoms with Crippen LogP contribution in [0.3, 0.4) is 0 Å². The van der Waals surface area contributed by atoms with E-state index in [1.54, 1.807) is 7.11 Å². The third kappa shape index (κ3) is 4.12. The van der Waals surface area contributed by atoms with Gasteiger partial charge in [0.2, 0.25) is 0 Å². The summed E-state index contributed by atoms with van der Waals surface area (Å²) in [7, 11) is 5.82. The molecule has 1 saturated carbocycles. The zero-order valence-corrected chi connectivity index (χ0v) is 14.3. The first-order chi connectivity index (χ1) is 9.45. The fourth-order valence-corrected chi connectivity index (χ4v) is 3.45. The van der Waals surface area contributed by atoms with E-state index in [-0.39, 0.29) is 18.3 Å². The number of nitrogens with zero attached hydrogens (tertiary/aromatic N) is 1. The Bertz CT molecular complexity index is 452. The lowest BCUT2D eigenvalue weighted by molar-refractivity contribution is -0.0766. The minimum atomic E-state index is -0.740. The van der Waals surface area contributed by atoms with Gasteiger partial charge in [0.25, 0.3) is 0 Å². The van der Waals surface area contributed by atoms with Crippen molar-refractivity contribution in [2.75, 3.05) is 27.7 Å². The smallest absolute Gasteiger partial charge is 0.119 e. The third-order valence-corrected chi connectivity index (χ3v) is 4.50. The molecule has 0 saturated heterocycles. The van der Waals surface area contributed by atoms with Crippen molar-refractivity contribution in [3.63, 3.8) is 0 Å². The van der Waals surface area contributed by atoms with Crippen molar-refractivity contribution in [1.29, 1.82) is 0 Å². The summed E-state index contributed by atoms with van der Waals surface area (Å²) in [4.78, 5) is 2.17. The fourth-order valence-electron chi connectivity index (χ4n) is 3.45. The maximum Gasteiger partial charge on any atom is 0.119 e. The summed E-state index contributed by atoms with van der Waals surface area (Å²) in [5, 5.41) is 11.4. The highest BCUT2D eigenvalue weighted by atomic mass is 35.5. The van der Waals surface area contributed by atoms with E-state index < -0.39 is 5.60 Å². The summed E-state index contributed by atoms with van der Waals surface area (Å²) in [6.07, 6.45) is 3.11. The lowest BCUT2D eigenvalue weighted by Gasteiger charge is -2.44. The van der Waals surface area contributed by atoms with Crippen LogP contribution in [0.15, 0.2) is 24.3 Å². The first kappa shape index (κ1) is 18.3. The molecule has 0 aliphatic heterocycles. The van der Waals surface area contributed by atoms with E-state index in [0.29, 0.717) is 5.92 Å². The molecule has 1 aliphatic rings. The van der Waals surface area contributed by atoms with Gasteiger partial charge in [0.05, 0.1) is 12.7 Å². The molecule has 0 heterocycles. The van der Waals surface area contributed by atoms with E-state index in [1.807, 2.05) is 24.3 Å². The molecule has 2 rings (SSSR count). The molecule has 1 fully saturated rings. The summed E-state index contributed by atoms with van der Waals surface area (Å²) in [5.41, 5.74) is 0.256. The third-order valence-electron chi connectivity index (χ3n) is 4.50. The van der Waals surface area contributed by atoms with Crippen LogP contribution in [0.4, 0.5) is 0 Å². The molecule has 0 unspecified atom stereocenters. The number of methoxy groups -OCH3 is 1. The average molecular weight is 314 g/mol. The summed E-state index contributed by atoms with van der Waals surface area (Å²) >= 11 is 0. The second-order valence-corrected chi connectivity index (χ2v) is 6.50. The van der Waals surface area contributed by atoms with Gasteiger partial charge < -0.3 is 14.7 Å². The minimum absolute atomic E-state index is 0. The number of halogens is 1. The Morgan fingerprint density at radius 2 is 2.05 bits per heavy atom. The molecule has 1 N–H and O–H groups in total. The van der Waals surface area contributed by atoms with Crippen molar-refractivity contribution in [2.24, 2.45) is 11.8 Å². The maximum atomic E-state index is 11.4. The van der Waals surface area contributed by atoms with Gasteiger partial charge in [-0.15, -0.1) is 12.4 Å². The van der Waals surface area contributed by atoms with Crippen LogP contribution in [-0.4, -0.2) is 37.8 Å². The number of benzene rings is 1. The molecule has 0 amide bonds. The molecule has 0 radical (unpaired) electrons. The van der Waals surface area contributed by atoms with E-state index in [4.69, 9.17) is 4.74 Å². The molecular weight excluding hydrogens is 286 g/mol. The molecule has 3 atom stereocenters. The predicted molar refractivity (Wildman–Crippen MR) is 89.2 cm³/mol. The number of hydrogen-bond donors (Lipinski definition) is 1. The first-order valence-corrected chi connectivity index (χ1v) is 7.47. The molecule has 4 heteroatoms. The largest absolute Gasteiger partial charge is 0.497 e. The molecule has 0 spiro atoms. The standard InChI is InChI=1S/C17H27NO2.ClH/c1-13-8-9-15(12-18(2)3)17(19,11-13)14-6-5-7-16(10-14)20-4;/h5-7,10,13,15,19H,8-9,11-12H2,1-4H3;1H/t13-,15+,17-;/m0./s1. The van der Waals surface area contributed by atoms with Crippen molar-refractivity contribution in [1.82, 2.24) is 4.90 Å². The highest BCUT2D eigenvalue weighted by Gasteiger charge is 2.42. The Kier molecular flexibility index (Phi) is 6.51. The number of hydrogen-bond acceptors (Lipinski definition) is 3. The second-order valence-electron chi connectivity index (χ2n) is 6.50. The van der Waals surface area contributed by atoms with Crippen LogP contribution >= 0.6 is 12.4 Å². The molecule has 120 valence electrons. The van der Waals surface area contributed by atoms with Gasteiger partial charge in [-0.25, -0.2) is 0 Å². The van der Waals surface area contributed by atoms with Crippen LogP contribution in [0.2, 0.25) is 0 Å². The highest BCUT2D eigenvalue weighted by molar-refractivity contribution is 5.85. The van der Waals surface area contributed by atoms with Crippen molar-refractivity contribution < 1.29 is 9.84 Å². The first-order valence-electron chi connectivity index (χ1n) is 7.47. The SMILES string of the molecule is COc1cccc([C@@]2(O)C[C@@H](C)CC[C@@H]2CN(C)C)c1.Cl. The van der Waals surface area contributed by atoms with Gasteiger partial charge in [-0.05, 0) is 50.6 Å². The molecule has 1 aliphatic carbocycles. The van der Waals surface area contributed by atoms with Crippen LogP contribution in [0, 0.1) is 11.8 Å². The molecule has 1 aromatic carbocycles. The lowest BCUT2D eigenvalue weighted by atomic mass is 9.68. The summed E-state index contributed by atoms with van der Waals surface area (Å²) in [5.74, 6) is 1.66. The molecular formula is C17H28ClNO2. The topological polar surface area (TPSA) is 32.7 Å². The van der Waals surface area contributed by atoms with E-state index in [2.05, 4.69) is 25.9 Å². The van der Waals surface area contributed by atoms with Crippen LogP contribution in [0.25, 0.3) is 0 Å². The van der Waals surface area contributed by atoms with Gasteiger partial charge >= 0.3 is 0 Å². The zero-order valence-electron chi connectivity index (χ0n) is 13.5. The van der Waals surface area contributed by atoms with Gasteiger partial charge in [0, 0.05) is 12.5 Å². The Labute approximate surface area is 134 Å². The summed E-state index contributed by atoms with van der Waals surface area (Å²) in [6, 6.07) is 7.92. The highest BCUT2D eigenvalue weighted by Crippen LogP contribution is 2.44. The molecule has 0 bridgehead atoms. The molecule has 1 aromatic rings. The molecule has 21 heavy (non-hydrogen) atoms. The van der Waals surface area contributed by atoms with Crippen molar-refractivity contribution in [3.05, 3.63) is 29.8 Å². The monoisotopic (exact) mass is 313 g/mol. The number of rotatable bonds is 4. The summed E-state index contributed by atoms with van der Waals surface area (Å²) < 4.78 is 5.31. The van der Waals surface area contributed by atoms with Gasteiger partial charge in [0.15, 0.2) is 0 Å². The Morgan fingerprint density at radius 3 is 2.67 bits per heavy atom. The maximum absolute atomic E-state index is 11.4. The lowest BCUT2D eigenvalue weighted by Crippen LogP contribution is -2.45. The van der Waals surface area contributed by atoms with Gasteiger partial charge in [0.1, 0.15) is 5.75 Å². The Morgan fingerprint density at radius 1 is 1.33 bits per heavy atom. The predicted octanol–water partition coefficient (Wildman–Crippen LogP) is 3.30. The second kappa shape index (κ2) is 7.48. The van der Waals surface area contributed by atoms with Crippen LogP contribution in [0.5, 0.6) is 5.75 Å². The van der Waals surface area contributed by atoms with Crippen LogP contribution in [0.1, 0.15) is 31.7 Å².